The smallest absolute Gasteiger partial charge is 0.123 e. The van der Waals surface area contributed by atoms with Crippen LogP contribution in [0.15, 0.2) is 42.5 Å². The van der Waals surface area contributed by atoms with Gasteiger partial charge in [0.15, 0.2) is 0 Å². The second-order valence-electron chi connectivity index (χ2n) is 6.14. The van der Waals surface area contributed by atoms with Gasteiger partial charge >= 0.3 is 0 Å². The highest BCUT2D eigenvalue weighted by Gasteiger charge is 2.13. The van der Waals surface area contributed by atoms with Crippen LogP contribution >= 0.6 is 8.58 Å². The first-order valence-corrected chi connectivity index (χ1v) is 9.09. The van der Waals surface area contributed by atoms with Gasteiger partial charge in [-0.1, -0.05) is 50.9 Å². The van der Waals surface area contributed by atoms with Crippen LogP contribution in [-0.4, -0.2) is 23.1 Å². The lowest BCUT2D eigenvalue weighted by Crippen LogP contribution is -2.30. The molecule has 1 heterocycles. The van der Waals surface area contributed by atoms with Gasteiger partial charge in [0.2, 0.25) is 0 Å². The zero-order chi connectivity index (χ0) is 15.4. The Balaban J connectivity index is 1.80. The number of hydrogen-bond donors (Lipinski definition) is 1. The summed E-state index contributed by atoms with van der Waals surface area (Å²) in [6.45, 7) is 5.54. The van der Waals surface area contributed by atoms with Gasteiger partial charge in [-0.2, -0.15) is 0 Å². The molecule has 0 amide bonds. The third kappa shape index (κ3) is 3.88. The third-order valence-corrected chi connectivity index (χ3v) is 5.71. The number of piperidine rings is 1. The lowest BCUT2D eigenvalue weighted by molar-refractivity contribution is 0.221. The fraction of sp³-hybridized carbons (Fsp3) is 0.368. The summed E-state index contributed by atoms with van der Waals surface area (Å²) in [7, 11) is 0.515. The molecule has 1 saturated heterocycles. The molecule has 0 saturated carbocycles. The predicted molar refractivity (Wildman–Crippen MR) is 96.0 cm³/mol. The van der Waals surface area contributed by atoms with Crippen molar-refractivity contribution >= 4 is 19.2 Å². The van der Waals surface area contributed by atoms with E-state index in [1.54, 1.807) is 0 Å². The molecule has 1 atom stereocenters. The minimum Gasteiger partial charge on any atom is -0.507 e. The average molecular weight is 313 g/mol. The summed E-state index contributed by atoms with van der Waals surface area (Å²) >= 11 is 0. The van der Waals surface area contributed by atoms with E-state index in [2.05, 4.69) is 42.2 Å². The zero-order valence-electron chi connectivity index (χ0n) is 13.2. The van der Waals surface area contributed by atoms with Gasteiger partial charge in [0, 0.05) is 11.8 Å². The van der Waals surface area contributed by atoms with Crippen LogP contribution in [0.1, 0.15) is 30.4 Å². The lowest BCUT2D eigenvalue weighted by Gasteiger charge is -2.27. The molecule has 116 valence electrons. The van der Waals surface area contributed by atoms with E-state index in [-0.39, 0.29) is 0 Å². The minimum absolute atomic E-state index is 0.414. The van der Waals surface area contributed by atoms with Crippen LogP contribution in [0.2, 0.25) is 0 Å². The normalized spacial score (nSPS) is 16.4. The molecule has 2 nitrogen and oxygen atoms in total. The Kier molecular flexibility index (Phi) is 5.12. The van der Waals surface area contributed by atoms with Crippen molar-refractivity contribution in [2.24, 2.45) is 0 Å². The predicted octanol–water partition coefficient (Wildman–Crippen LogP) is 3.32. The van der Waals surface area contributed by atoms with Gasteiger partial charge in [0.25, 0.3) is 0 Å². The number of phenolic OH excluding ortho intramolecular Hbond substituents is 1. The van der Waals surface area contributed by atoms with E-state index in [9.17, 15) is 5.11 Å². The van der Waals surface area contributed by atoms with Crippen LogP contribution in [0.25, 0.3) is 0 Å². The quantitative estimate of drug-likeness (QED) is 0.875. The van der Waals surface area contributed by atoms with Crippen molar-refractivity contribution in [3.05, 3.63) is 53.6 Å². The SMILES string of the molecule is Cc1ccc(O)c(Pc2ccccc2CN2CCCCC2)c1. The number of likely N-dealkylation sites (tertiary alicyclic amines) is 1. The fourth-order valence-electron chi connectivity index (χ4n) is 3.03. The minimum atomic E-state index is 0.414. The van der Waals surface area contributed by atoms with Crippen molar-refractivity contribution in [1.29, 1.82) is 0 Å². The molecule has 0 radical (unpaired) electrons. The Labute approximate surface area is 135 Å². The standard InChI is InChI=1S/C19H24NOP/c1-15-9-10-17(21)19(13-15)22-18-8-4-3-7-16(18)14-20-11-5-2-6-12-20/h3-4,7-10,13,21-22H,2,5-6,11-12,14H2,1H3. The highest BCUT2D eigenvalue weighted by molar-refractivity contribution is 7.55. The van der Waals surface area contributed by atoms with Gasteiger partial charge in [-0.15, -0.1) is 0 Å². The number of benzene rings is 2. The van der Waals surface area contributed by atoms with E-state index >= 15 is 0 Å². The molecule has 1 fully saturated rings. The maximum atomic E-state index is 10.1. The summed E-state index contributed by atoms with van der Waals surface area (Å²) in [5.41, 5.74) is 2.61. The largest absolute Gasteiger partial charge is 0.507 e. The summed E-state index contributed by atoms with van der Waals surface area (Å²) < 4.78 is 0. The molecular formula is C19H24NOP. The Morgan fingerprint density at radius 2 is 1.77 bits per heavy atom. The number of nitrogens with zero attached hydrogens (tertiary/aromatic N) is 1. The van der Waals surface area contributed by atoms with Crippen LogP contribution in [0.3, 0.4) is 0 Å². The van der Waals surface area contributed by atoms with Crippen LogP contribution < -0.4 is 10.6 Å². The van der Waals surface area contributed by atoms with Gasteiger partial charge in [0.1, 0.15) is 5.75 Å². The van der Waals surface area contributed by atoms with Gasteiger partial charge in [-0.3, -0.25) is 4.90 Å². The van der Waals surface area contributed by atoms with Crippen molar-refractivity contribution in [2.75, 3.05) is 13.1 Å². The van der Waals surface area contributed by atoms with Crippen molar-refractivity contribution < 1.29 is 5.11 Å². The van der Waals surface area contributed by atoms with E-state index in [1.165, 1.54) is 48.8 Å². The van der Waals surface area contributed by atoms with Gasteiger partial charge < -0.3 is 5.11 Å². The van der Waals surface area contributed by atoms with Crippen LogP contribution in [-0.2, 0) is 6.54 Å². The molecule has 1 unspecified atom stereocenters. The Bertz CT molecular complexity index is 635. The number of aromatic hydroxyl groups is 1. The first-order chi connectivity index (χ1) is 10.7. The van der Waals surface area contributed by atoms with E-state index in [0.29, 0.717) is 14.3 Å². The molecule has 2 aromatic rings. The highest BCUT2D eigenvalue weighted by atomic mass is 31.1. The maximum Gasteiger partial charge on any atom is 0.123 e. The molecule has 1 aliphatic rings. The van der Waals surface area contributed by atoms with Gasteiger partial charge in [0.05, 0.1) is 0 Å². The number of rotatable bonds is 4. The van der Waals surface area contributed by atoms with E-state index in [0.717, 1.165) is 11.8 Å². The first-order valence-electron chi connectivity index (χ1n) is 8.09. The Hall–Kier alpha value is -1.37. The second-order valence-corrected chi connectivity index (χ2v) is 7.47. The van der Waals surface area contributed by atoms with Crippen molar-refractivity contribution in [3.63, 3.8) is 0 Å². The number of hydrogen-bond acceptors (Lipinski definition) is 2. The molecule has 3 heteroatoms. The topological polar surface area (TPSA) is 23.5 Å². The van der Waals surface area contributed by atoms with Gasteiger partial charge in [-0.05, 0) is 55.9 Å². The number of aryl methyl sites for hydroxylation is 1. The molecule has 2 aromatic carbocycles. The monoisotopic (exact) mass is 313 g/mol. The van der Waals surface area contributed by atoms with Crippen LogP contribution in [0.4, 0.5) is 0 Å². The maximum absolute atomic E-state index is 10.1. The first kappa shape index (κ1) is 15.5. The van der Waals surface area contributed by atoms with E-state index in [4.69, 9.17) is 0 Å². The van der Waals surface area contributed by atoms with Crippen molar-refractivity contribution in [2.45, 2.75) is 32.7 Å². The molecule has 0 spiro atoms. The lowest BCUT2D eigenvalue weighted by atomic mass is 10.1. The fourth-order valence-corrected chi connectivity index (χ4v) is 4.34. The molecule has 0 aliphatic carbocycles. The second kappa shape index (κ2) is 7.26. The molecule has 0 bridgehead atoms. The summed E-state index contributed by atoms with van der Waals surface area (Å²) in [5, 5.41) is 12.5. The Morgan fingerprint density at radius 3 is 2.59 bits per heavy atom. The third-order valence-electron chi connectivity index (χ3n) is 4.28. The molecule has 0 aromatic heterocycles. The Morgan fingerprint density at radius 1 is 1.00 bits per heavy atom. The summed E-state index contributed by atoms with van der Waals surface area (Å²) in [6.07, 6.45) is 4.02. The highest BCUT2D eigenvalue weighted by Crippen LogP contribution is 2.22. The van der Waals surface area contributed by atoms with E-state index < -0.39 is 0 Å². The van der Waals surface area contributed by atoms with Crippen molar-refractivity contribution in [3.8, 4) is 5.75 Å². The summed E-state index contributed by atoms with van der Waals surface area (Å²) in [5.74, 6) is 0.414. The van der Waals surface area contributed by atoms with Crippen LogP contribution in [0, 0.1) is 6.92 Å². The average Bonchev–Trinajstić information content (AvgIpc) is 2.54. The molecular weight excluding hydrogens is 289 g/mol. The van der Waals surface area contributed by atoms with Gasteiger partial charge in [-0.25, -0.2) is 0 Å². The van der Waals surface area contributed by atoms with Crippen molar-refractivity contribution in [1.82, 2.24) is 4.90 Å². The molecule has 22 heavy (non-hydrogen) atoms. The summed E-state index contributed by atoms with van der Waals surface area (Å²) in [6, 6.07) is 14.6. The van der Waals surface area contributed by atoms with Crippen LogP contribution in [0.5, 0.6) is 5.75 Å². The number of phenols is 1. The molecule has 3 rings (SSSR count). The summed E-state index contributed by atoms with van der Waals surface area (Å²) in [4.78, 5) is 2.56. The molecule has 1 aliphatic heterocycles. The molecule has 1 N–H and O–H groups in total. The zero-order valence-corrected chi connectivity index (χ0v) is 14.2. The van der Waals surface area contributed by atoms with E-state index in [1.807, 2.05) is 12.1 Å².